The maximum atomic E-state index is 13.2. The summed E-state index contributed by atoms with van der Waals surface area (Å²) in [6, 6.07) is 7.04. The molecule has 0 amide bonds. The van der Waals surface area contributed by atoms with E-state index in [0.29, 0.717) is 5.56 Å². The highest BCUT2D eigenvalue weighted by molar-refractivity contribution is 5.44. The van der Waals surface area contributed by atoms with Crippen LogP contribution in [0.25, 0.3) is 0 Å². The molecule has 0 bridgehead atoms. The van der Waals surface area contributed by atoms with E-state index in [1.165, 1.54) is 6.07 Å². The van der Waals surface area contributed by atoms with Gasteiger partial charge in [-0.1, -0.05) is 6.07 Å². The summed E-state index contributed by atoms with van der Waals surface area (Å²) in [5, 5.41) is 7.23. The summed E-state index contributed by atoms with van der Waals surface area (Å²) in [7, 11) is 0. The van der Waals surface area contributed by atoms with E-state index in [1.807, 2.05) is 23.0 Å². The van der Waals surface area contributed by atoms with Crippen molar-refractivity contribution in [2.24, 2.45) is 0 Å². The third-order valence-corrected chi connectivity index (χ3v) is 2.40. The minimum absolute atomic E-state index is 0.177. The molecule has 1 aromatic heterocycles. The summed E-state index contributed by atoms with van der Waals surface area (Å²) < 4.78 is 15.1. The Labute approximate surface area is 93.9 Å². The molecule has 0 unspecified atom stereocenters. The second-order valence-electron chi connectivity index (χ2n) is 3.66. The summed E-state index contributed by atoms with van der Waals surface area (Å²) in [4.78, 5) is 0. The Kier molecular flexibility index (Phi) is 3.19. The number of hydrogen-bond acceptors (Lipinski definition) is 2. The molecule has 0 saturated heterocycles. The van der Waals surface area contributed by atoms with Crippen LogP contribution in [0, 0.1) is 12.7 Å². The average Bonchev–Trinajstić information content (AvgIpc) is 2.76. The monoisotopic (exact) mass is 219 g/mol. The van der Waals surface area contributed by atoms with Crippen LogP contribution in [-0.4, -0.2) is 16.3 Å². The van der Waals surface area contributed by atoms with Gasteiger partial charge >= 0.3 is 0 Å². The normalized spacial score (nSPS) is 10.4. The SMILES string of the molecule is Cc1ccc(NCCn2cccn2)cc1F. The number of hydrogen-bond donors (Lipinski definition) is 1. The smallest absolute Gasteiger partial charge is 0.128 e. The first-order valence-corrected chi connectivity index (χ1v) is 5.23. The van der Waals surface area contributed by atoms with Crippen LogP contribution >= 0.6 is 0 Å². The van der Waals surface area contributed by atoms with Crippen LogP contribution in [0.3, 0.4) is 0 Å². The standard InChI is InChI=1S/C12H14FN3/c1-10-3-4-11(9-12(10)13)14-6-8-16-7-2-5-15-16/h2-5,7,9,14H,6,8H2,1H3. The van der Waals surface area contributed by atoms with Crippen LogP contribution in [0.4, 0.5) is 10.1 Å². The largest absolute Gasteiger partial charge is 0.383 e. The molecule has 4 heteroatoms. The number of aryl methyl sites for hydroxylation is 1. The number of aromatic nitrogens is 2. The Morgan fingerprint density at radius 2 is 2.31 bits per heavy atom. The minimum atomic E-state index is -0.177. The van der Waals surface area contributed by atoms with Crippen molar-refractivity contribution in [3.05, 3.63) is 48.0 Å². The van der Waals surface area contributed by atoms with Crippen LogP contribution in [0.1, 0.15) is 5.56 Å². The Morgan fingerprint density at radius 3 is 3.00 bits per heavy atom. The fourth-order valence-corrected chi connectivity index (χ4v) is 1.45. The second kappa shape index (κ2) is 4.79. The van der Waals surface area contributed by atoms with E-state index in [9.17, 15) is 4.39 Å². The first-order chi connectivity index (χ1) is 7.75. The van der Waals surface area contributed by atoms with E-state index in [0.717, 1.165) is 18.8 Å². The molecular weight excluding hydrogens is 205 g/mol. The van der Waals surface area contributed by atoms with Gasteiger partial charge in [0, 0.05) is 24.6 Å². The van der Waals surface area contributed by atoms with Gasteiger partial charge in [-0.3, -0.25) is 4.68 Å². The maximum absolute atomic E-state index is 13.2. The molecule has 0 atom stereocenters. The summed E-state index contributed by atoms with van der Waals surface area (Å²) in [6.45, 7) is 3.25. The molecule has 16 heavy (non-hydrogen) atoms. The van der Waals surface area contributed by atoms with Crippen molar-refractivity contribution in [2.45, 2.75) is 13.5 Å². The highest BCUT2D eigenvalue weighted by atomic mass is 19.1. The first-order valence-electron chi connectivity index (χ1n) is 5.23. The molecule has 1 N–H and O–H groups in total. The first kappa shape index (κ1) is 10.7. The molecule has 1 heterocycles. The second-order valence-corrected chi connectivity index (χ2v) is 3.66. The van der Waals surface area contributed by atoms with Gasteiger partial charge in [0.05, 0.1) is 6.54 Å². The van der Waals surface area contributed by atoms with Crippen LogP contribution in [-0.2, 0) is 6.54 Å². The van der Waals surface area contributed by atoms with Crippen molar-refractivity contribution >= 4 is 5.69 Å². The minimum Gasteiger partial charge on any atom is -0.383 e. The molecule has 0 fully saturated rings. The van der Waals surface area contributed by atoms with Gasteiger partial charge in [-0.15, -0.1) is 0 Å². The lowest BCUT2D eigenvalue weighted by molar-refractivity contribution is 0.617. The fraction of sp³-hybridized carbons (Fsp3) is 0.250. The van der Waals surface area contributed by atoms with Crippen LogP contribution in [0.2, 0.25) is 0 Å². The van der Waals surface area contributed by atoms with E-state index in [1.54, 1.807) is 19.2 Å². The number of rotatable bonds is 4. The number of nitrogens with zero attached hydrogens (tertiary/aromatic N) is 2. The Bertz CT molecular complexity index is 451. The van der Waals surface area contributed by atoms with Crippen molar-refractivity contribution in [1.82, 2.24) is 9.78 Å². The van der Waals surface area contributed by atoms with Gasteiger partial charge in [0.15, 0.2) is 0 Å². The summed E-state index contributed by atoms with van der Waals surface area (Å²) in [5.74, 6) is -0.177. The number of anilines is 1. The maximum Gasteiger partial charge on any atom is 0.128 e. The molecule has 0 spiro atoms. The third kappa shape index (κ3) is 2.59. The summed E-state index contributed by atoms with van der Waals surface area (Å²) in [5.41, 5.74) is 1.47. The number of benzene rings is 1. The molecule has 0 saturated carbocycles. The molecule has 0 aliphatic rings. The molecular formula is C12H14FN3. The molecule has 2 aromatic rings. The fourth-order valence-electron chi connectivity index (χ4n) is 1.45. The highest BCUT2D eigenvalue weighted by Crippen LogP contribution is 2.13. The lowest BCUT2D eigenvalue weighted by Crippen LogP contribution is -2.10. The van der Waals surface area contributed by atoms with Crippen molar-refractivity contribution in [1.29, 1.82) is 0 Å². The van der Waals surface area contributed by atoms with Gasteiger partial charge in [-0.05, 0) is 30.7 Å². The topological polar surface area (TPSA) is 29.9 Å². The average molecular weight is 219 g/mol. The molecule has 3 nitrogen and oxygen atoms in total. The zero-order valence-corrected chi connectivity index (χ0v) is 9.15. The lowest BCUT2D eigenvalue weighted by atomic mass is 10.2. The van der Waals surface area contributed by atoms with E-state index in [-0.39, 0.29) is 5.82 Å². The Hall–Kier alpha value is -1.84. The quantitative estimate of drug-likeness (QED) is 0.856. The molecule has 0 aliphatic heterocycles. The van der Waals surface area contributed by atoms with Gasteiger partial charge in [0.25, 0.3) is 0 Å². The van der Waals surface area contributed by atoms with Gasteiger partial charge in [-0.25, -0.2) is 4.39 Å². The molecule has 1 aromatic carbocycles. The summed E-state index contributed by atoms with van der Waals surface area (Å²) >= 11 is 0. The molecule has 0 aliphatic carbocycles. The predicted octanol–water partition coefficient (Wildman–Crippen LogP) is 2.44. The van der Waals surface area contributed by atoms with Crippen molar-refractivity contribution in [2.75, 3.05) is 11.9 Å². The van der Waals surface area contributed by atoms with Gasteiger partial charge in [0.2, 0.25) is 0 Å². The van der Waals surface area contributed by atoms with Gasteiger partial charge < -0.3 is 5.32 Å². The lowest BCUT2D eigenvalue weighted by Gasteiger charge is -2.07. The predicted molar refractivity (Wildman–Crippen MR) is 61.9 cm³/mol. The number of halogens is 1. The Balaban J connectivity index is 1.87. The van der Waals surface area contributed by atoms with Crippen LogP contribution < -0.4 is 5.32 Å². The zero-order chi connectivity index (χ0) is 11.4. The van der Waals surface area contributed by atoms with Gasteiger partial charge in [0.1, 0.15) is 5.82 Å². The van der Waals surface area contributed by atoms with E-state index < -0.39 is 0 Å². The molecule has 84 valence electrons. The van der Waals surface area contributed by atoms with Crippen molar-refractivity contribution in [3.8, 4) is 0 Å². The summed E-state index contributed by atoms with van der Waals surface area (Å²) in [6.07, 6.45) is 3.64. The zero-order valence-electron chi connectivity index (χ0n) is 9.15. The van der Waals surface area contributed by atoms with Crippen molar-refractivity contribution in [3.63, 3.8) is 0 Å². The number of nitrogens with one attached hydrogen (secondary N) is 1. The molecule has 2 rings (SSSR count). The van der Waals surface area contributed by atoms with Crippen molar-refractivity contribution < 1.29 is 4.39 Å². The van der Waals surface area contributed by atoms with Crippen LogP contribution in [0.15, 0.2) is 36.7 Å². The van der Waals surface area contributed by atoms with E-state index in [2.05, 4.69) is 10.4 Å². The third-order valence-electron chi connectivity index (χ3n) is 2.40. The van der Waals surface area contributed by atoms with E-state index in [4.69, 9.17) is 0 Å². The van der Waals surface area contributed by atoms with Crippen LogP contribution in [0.5, 0.6) is 0 Å². The highest BCUT2D eigenvalue weighted by Gasteiger charge is 1.98. The van der Waals surface area contributed by atoms with E-state index >= 15 is 0 Å². The van der Waals surface area contributed by atoms with Gasteiger partial charge in [-0.2, -0.15) is 5.10 Å². The molecule has 0 radical (unpaired) electrons. The Morgan fingerprint density at radius 1 is 1.44 bits per heavy atom.